The van der Waals surface area contributed by atoms with E-state index in [1.807, 2.05) is 0 Å². The number of ether oxygens (including phenoxy) is 1. The molecule has 0 fully saturated rings. The van der Waals surface area contributed by atoms with Crippen molar-refractivity contribution in [3.05, 3.63) is 11.8 Å². The minimum absolute atomic E-state index is 0.148. The van der Waals surface area contributed by atoms with Crippen molar-refractivity contribution in [1.29, 1.82) is 0 Å². The Morgan fingerprint density at radius 2 is 2.28 bits per heavy atom. The Kier molecular flexibility index (Phi) is 4.48. The lowest BCUT2D eigenvalue weighted by molar-refractivity contribution is -0.141. The van der Waals surface area contributed by atoms with Crippen LogP contribution in [0, 0.1) is 0 Å². The van der Waals surface area contributed by atoms with Crippen molar-refractivity contribution in [2.24, 2.45) is 0 Å². The molecule has 0 saturated carbocycles. The highest BCUT2D eigenvalue weighted by atomic mass is 32.1. The number of carbonyl (C=O) groups is 1. The number of carbonyl (C=O) groups excluding carboxylic acids is 1. The van der Waals surface area contributed by atoms with Crippen LogP contribution in [-0.4, -0.2) is 28.0 Å². The summed E-state index contributed by atoms with van der Waals surface area (Å²) in [7, 11) is 0. The molecule has 3 N–H and O–H groups in total. The number of nitrogens with one attached hydrogen (secondary N) is 3. The van der Waals surface area contributed by atoms with E-state index in [4.69, 9.17) is 0 Å². The second kappa shape index (κ2) is 5.67. The zero-order chi connectivity index (χ0) is 13.8. The van der Waals surface area contributed by atoms with Crippen LogP contribution in [0.2, 0.25) is 0 Å². The number of alkyl carbamates (subject to hydrolysis) is 1. The molecule has 0 aliphatic rings. The molecule has 1 aromatic heterocycles. The van der Waals surface area contributed by atoms with Gasteiger partial charge in [-0.3, -0.25) is 10.4 Å². The Morgan fingerprint density at radius 1 is 1.61 bits per heavy atom. The summed E-state index contributed by atoms with van der Waals surface area (Å²) >= 11 is 4.67. The summed E-state index contributed by atoms with van der Waals surface area (Å²) < 4.78 is 41.2. The maximum absolute atomic E-state index is 12.2. The van der Waals surface area contributed by atoms with Gasteiger partial charge in [0.2, 0.25) is 0 Å². The summed E-state index contributed by atoms with van der Waals surface area (Å²) in [6.45, 7) is 1.74. The van der Waals surface area contributed by atoms with Gasteiger partial charge in [0.25, 0.3) is 0 Å². The number of anilines is 1. The molecular weight excluding hydrogens is 273 g/mol. The molecule has 1 amide bonds. The van der Waals surface area contributed by atoms with Crippen LogP contribution in [0.15, 0.2) is 6.07 Å². The molecule has 0 atom stereocenters. The number of nitrogens with zero attached hydrogens (tertiary/aromatic N) is 1. The van der Waals surface area contributed by atoms with Crippen LogP contribution in [0.1, 0.15) is 12.6 Å². The average molecular weight is 282 g/mol. The average Bonchev–Trinajstić information content (AvgIpc) is 2.65. The van der Waals surface area contributed by atoms with Crippen molar-refractivity contribution >= 4 is 29.2 Å². The number of H-pyrrole nitrogens is 1. The molecule has 100 valence electrons. The van der Waals surface area contributed by atoms with Gasteiger partial charge in [-0.1, -0.05) is 0 Å². The Labute approximate surface area is 105 Å². The smallest absolute Gasteiger partial charge is 0.432 e. The van der Waals surface area contributed by atoms with Crippen molar-refractivity contribution in [2.75, 3.05) is 11.9 Å². The molecule has 0 unspecified atom stereocenters. The van der Waals surface area contributed by atoms with Gasteiger partial charge in [0.05, 0.1) is 6.61 Å². The van der Waals surface area contributed by atoms with Crippen molar-refractivity contribution in [1.82, 2.24) is 15.5 Å². The molecule has 0 spiro atoms. The van der Waals surface area contributed by atoms with Gasteiger partial charge in [-0.25, -0.2) is 4.79 Å². The molecule has 0 saturated heterocycles. The van der Waals surface area contributed by atoms with Crippen LogP contribution in [0.25, 0.3) is 0 Å². The van der Waals surface area contributed by atoms with E-state index in [-0.39, 0.29) is 17.5 Å². The Balaban J connectivity index is 2.55. The minimum atomic E-state index is -4.52. The highest BCUT2D eigenvalue weighted by Crippen LogP contribution is 2.28. The van der Waals surface area contributed by atoms with E-state index >= 15 is 0 Å². The zero-order valence-electron chi connectivity index (χ0n) is 9.09. The maximum atomic E-state index is 12.2. The monoisotopic (exact) mass is 282 g/mol. The summed E-state index contributed by atoms with van der Waals surface area (Å²) in [5.74, 6) is -0.163. The normalized spacial score (nSPS) is 10.9. The van der Waals surface area contributed by atoms with E-state index in [0.717, 1.165) is 6.07 Å². The molecule has 1 heterocycles. The molecule has 1 aromatic rings. The molecule has 18 heavy (non-hydrogen) atoms. The molecule has 0 aliphatic heterocycles. The highest BCUT2D eigenvalue weighted by Gasteiger charge is 2.33. The second-order valence-electron chi connectivity index (χ2n) is 2.96. The fourth-order valence-corrected chi connectivity index (χ4v) is 1.13. The van der Waals surface area contributed by atoms with Crippen molar-refractivity contribution in [3.63, 3.8) is 0 Å². The predicted octanol–water partition coefficient (Wildman–Crippen LogP) is 1.87. The third kappa shape index (κ3) is 4.20. The third-order valence-corrected chi connectivity index (χ3v) is 1.82. The zero-order valence-corrected chi connectivity index (χ0v) is 9.91. The largest absolute Gasteiger partial charge is 0.450 e. The molecular formula is C8H9F3N4O2S. The summed E-state index contributed by atoms with van der Waals surface area (Å²) in [6.07, 6.45) is -5.33. The van der Waals surface area contributed by atoms with Gasteiger partial charge in [0.1, 0.15) is 5.69 Å². The number of halogens is 3. The predicted molar refractivity (Wildman–Crippen MR) is 60.0 cm³/mol. The first kappa shape index (κ1) is 14.2. The summed E-state index contributed by atoms with van der Waals surface area (Å²) in [5, 5.41) is 9.32. The Hall–Kier alpha value is -1.84. The molecule has 1 rings (SSSR count). The Morgan fingerprint density at radius 3 is 2.78 bits per heavy atom. The van der Waals surface area contributed by atoms with E-state index < -0.39 is 18.0 Å². The van der Waals surface area contributed by atoms with Gasteiger partial charge in [-0.05, 0) is 19.1 Å². The second-order valence-corrected chi connectivity index (χ2v) is 3.37. The highest BCUT2D eigenvalue weighted by molar-refractivity contribution is 7.80. The molecule has 0 aromatic carbocycles. The van der Waals surface area contributed by atoms with E-state index in [9.17, 15) is 18.0 Å². The first-order valence-electron chi connectivity index (χ1n) is 4.70. The number of aromatic nitrogens is 2. The lowest BCUT2D eigenvalue weighted by Crippen LogP contribution is -2.34. The lowest BCUT2D eigenvalue weighted by atomic mass is 10.4. The van der Waals surface area contributed by atoms with E-state index in [0.29, 0.717) is 0 Å². The SMILES string of the molecule is CCOC(=O)NC(=S)Nc1cc(C(F)(F)F)[nH]n1. The number of alkyl halides is 3. The number of aromatic amines is 1. The van der Waals surface area contributed by atoms with Gasteiger partial charge < -0.3 is 10.1 Å². The fourth-order valence-electron chi connectivity index (χ4n) is 0.938. The lowest BCUT2D eigenvalue weighted by Gasteiger charge is -2.06. The number of hydrogen-bond donors (Lipinski definition) is 3. The van der Waals surface area contributed by atoms with E-state index in [2.05, 4.69) is 32.7 Å². The molecule has 10 heteroatoms. The van der Waals surface area contributed by atoms with Gasteiger partial charge in [-0.2, -0.15) is 18.3 Å². The van der Waals surface area contributed by atoms with Gasteiger partial charge in [0.15, 0.2) is 10.9 Å². The standard InChI is InChI=1S/C8H9F3N4O2S/c1-2-17-7(16)13-6(18)12-5-3-4(14-15-5)8(9,10)11/h3H,2H2,1H3,(H3,12,13,14,15,16,18). The molecule has 6 nitrogen and oxygen atoms in total. The number of thiocarbonyl (C=S) groups is 1. The quantitative estimate of drug-likeness (QED) is 0.722. The maximum Gasteiger partial charge on any atom is 0.432 e. The van der Waals surface area contributed by atoms with Crippen LogP contribution in [0.5, 0.6) is 0 Å². The Bertz CT molecular complexity index is 446. The van der Waals surface area contributed by atoms with Crippen molar-refractivity contribution in [3.8, 4) is 0 Å². The van der Waals surface area contributed by atoms with Crippen molar-refractivity contribution < 1.29 is 22.7 Å². The van der Waals surface area contributed by atoms with Gasteiger partial charge in [0, 0.05) is 6.07 Å². The van der Waals surface area contributed by atoms with E-state index in [1.165, 1.54) is 0 Å². The molecule has 0 bridgehead atoms. The first-order chi connectivity index (χ1) is 8.32. The fraction of sp³-hybridized carbons (Fsp3) is 0.375. The first-order valence-corrected chi connectivity index (χ1v) is 5.11. The number of hydrogen-bond acceptors (Lipinski definition) is 4. The van der Waals surface area contributed by atoms with Crippen LogP contribution in [0.4, 0.5) is 23.8 Å². The number of rotatable bonds is 2. The van der Waals surface area contributed by atoms with Gasteiger partial charge in [-0.15, -0.1) is 0 Å². The number of amides is 1. The molecule has 0 radical (unpaired) electrons. The van der Waals surface area contributed by atoms with Crippen LogP contribution in [0.3, 0.4) is 0 Å². The van der Waals surface area contributed by atoms with Crippen LogP contribution in [-0.2, 0) is 10.9 Å². The van der Waals surface area contributed by atoms with Crippen LogP contribution < -0.4 is 10.6 Å². The summed E-state index contributed by atoms with van der Waals surface area (Å²) in [6, 6.07) is 0.721. The topological polar surface area (TPSA) is 79.0 Å². The van der Waals surface area contributed by atoms with Crippen molar-refractivity contribution in [2.45, 2.75) is 13.1 Å². The van der Waals surface area contributed by atoms with Gasteiger partial charge >= 0.3 is 12.3 Å². The summed E-state index contributed by atoms with van der Waals surface area (Å²) in [4.78, 5) is 10.9. The third-order valence-electron chi connectivity index (χ3n) is 1.62. The van der Waals surface area contributed by atoms with E-state index in [1.54, 1.807) is 12.0 Å². The summed E-state index contributed by atoms with van der Waals surface area (Å²) in [5.41, 5.74) is -1.02. The van der Waals surface area contributed by atoms with Crippen LogP contribution >= 0.6 is 12.2 Å². The molecule has 0 aliphatic carbocycles. The minimum Gasteiger partial charge on any atom is -0.450 e.